The molecule has 110 valence electrons. The number of hydrogen-bond donors (Lipinski definition) is 2. The molecular formula is C15H22ClN3O. The van der Waals surface area contributed by atoms with Gasteiger partial charge in [-0.3, -0.25) is 9.69 Å². The molecule has 4 nitrogen and oxygen atoms in total. The third-order valence-corrected chi connectivity index (χ3v) is 4.12. The Bertz CT molecular complexity index is 490. The van der Waals surface area contributed by atoms with Crippen LogP contribution in [0, 0.1) is 12.8 Å². The fourth-order valence-corrected chi connectivity index (χ4v) is 2.82. The van der Waals surface area contributed by atoms with Crippen molar-refractivity contribution < 1.29 is 4.79 Å². The number of carbonyl (C=O) groups excluding carboxylic acids is 1. The van der Waals surface area contributed by atoms with E-state index in [0.717, 1.165) is 30.8 Å². The Labute approximate surface area is 125 Å². The van der Waals surface area contributed by atoms with Crippen molar-refractivity contribution >= 4 is 23.2 Å². The molecule has 0 aliphatic carbocycles. The zero-order chi connectivity index (χ0) is 14.7. The van der Waals surface area contributed by atoms with Gasteiger partial charge in [0.05, 0.1) is 6.54 Å². The minimum absolute atomic E-state index is 0.0146. The lowest BCUT2D eigenvalue weighted by Gasteiger charge is -2.17. The van der Waals surface area contributed by atoms with Gasteiger partial charge in [0.1, 0.15) is 0 Å². The first-order valence-electron chi connectivity index (χ1n) is 6.99. The minimum atomic E-state index is 0.0146. The van der Waals surface area contributed by atoms with E-state index in [0.29, 0.717) is 17.5 Å². The van der Waals surface area contributed by atoms with E-state index < -0.39 is 0 Å². The van der Waals surface area contributed by atoms with Crippen LogP contribution in [-0.4, -0.2) is 36.5 Å². The second-order valence-electron chi connectivity index (χ2n) is 5.65. The van der Waals surface area contributed by atoms with Gasteiger partial charge in [-0.25, -0.2) is 0 Å². The third kappa shape index (κ3) is 3.95. The van der Waals surface area contributed by atoms with Crippen molar-refractivity contribution in [3.63, 3.8) is 0 Å². The molecule has 1 heterocycles. The molecule has 2 atom stereocenters. The Morgan fingerprint density at radius 2 is 2.35 bits per heavy atom. The number of nitrogens with two attached hydrogens (primary N) is 1. The van der Waals surface area contributed by atoms with Gasteiger partial charge in [0.25, 0.3) is 0 Å². The van der Waals surface area contributed by atoms with Crippen molar-refractivity contribution in [3.05, 3.63) is 28.8 Å². The highest BCUT2D eigenvalue weighted by atomic mass is 35.5. The lowest BCUT2D eigenvalue weighted by Crippen LogP contribution is -2.34. The summed E-state index contributed by atoms with van der Waals surface area (Å²) < 4.78 is 0. The Morgan fingerprint density at radius 1 is 1.60 bits per heavy atom. The molecule has 1 aliphatic heterocycles. The van der Waals surface area contributed by atoms with E-state index in [4.69, 9.17) is 17.3 Å². The maximum Gasteiger partial charge on any atom is 0.238 e. The Morgan fingerprint density at radius 3 is 2.95 bits per heavy atom. The predicted octanol–water partition coefficient (Wildman–Crippen LogP) is 2.26. The molecule has 0 radical (unpaired) electrons. The molecule has 0 bridgehead atoms. The van der Waals surface area contributed by atoms with E-state index in [1.165, 1.54) is 0 Å². The molecule has 1 aromatic rings. The van der Waals surface area contributed by atoms with Crippen molar-refractivity contribution in [1.82, 2.24) is 4.90 Å². The van der Waals surface area contributed by atoms with Gasteiger partial charge in [0, 0.05) is 23.3 Å². The van der Waals surface area contributed by atoms with Gasteiger partial charge in [-0.15, -0.1) is 0 Å². The van der Waals surface area contributed by atoms with Crippen molar-refractivity contribution in [2.45, 2.75) is 26.3 Å². The van der Waals surface area contributed by atoms with Crippen LogP contribution in [0.1, 0.15) is 18.9 Å². The lowest BCUT2D eigenvalue weighted by molar-refractivity contribution is -0.117. The zero-order valence-corrected chi connectivity index (χ0v) is 12.8. The van der Waals surface area contributed by atoms with Crippen LogP contribution in [0.4, 0.5) is 5.69 Å². The molecule has 0 spiro atoms. The summed E-state index contributed by atoms with van der Waals surface area (Å²) in [6.07, 6.45) is 1.07. The van der Waals surface area contributed by atoms with Crippen LogP contribution in [-0.2, 0) is 4.79 Å². The number of hydrogen-bond acceptors (Lipinski definition) is 3. The molecule has 0 saturated carbocycles. The summed E-state index contributed by atoms with van der Waals surface area (Å²) >= 11 is 5.90. The normalized spacial score (nSPS) is 20.9. The van der Waals surface area contributed by atoms with E-state index in [2.05, 4.69) is 10.2 Å². The first-order valence-corrected chi connectivity index (χ1v) is 7.37. The summed E-state index contributed by atoms with van der Waals surface area (Å²) in [5.41, 5.74) is 7.70. The van der Waals surface area contributed by atoms with E-state index >= 15 is 0 Å². The molecule has 20 heavy (non-hydrogen) atoms. The number of nitrogens with zero attached hydrogens (tertiary/aromatic N) is 1. The van der Waals surface area contributed by atoms with Gasteiger partial charge in [0.2, 0.25) is 5.91 Å². The molecule has 3 N–H and O–H groups in total. The maximum atomic E-state index is 12.1. The smallest absolute Gasteiger partial charge is 0.238 e. The van der Waals surface area contributed by atoms with E-state index in [1.807, 2.05) is 26.0 Å². The number of likely N-dealkylation sites (tertiary alicyclic amines) is 1. The van der Waals surface area contributed by atoms with Crippen molar-refractivity contribution in [2.24, 2.45) is 11.7 Å². The third-order valence-electron chi connectivity index (χ3n) is 3.88. The van der Waals surface area contributed by atoms with Gasteiger partial charge in [-0.1, -0.05) is 11.6 Å². The van der Waals surface area contributed by atoms with Crippen LogP contribution < -0.4 is 11.1 Å². The highest BCUT2D eigenvalue weighted by molar-refractivity contribution is 6.30. The van der Waals surface area contributed by atoms with Crippen LogP contribution in [0.15, 0.2) is 18.2 Å². The van der Waals surface area contributed by atoms with Crippen LogP contribution in [0.25, 0.3) is 0 Å². The van der Waals surface area contributed by atoms with E-state index in [9.17, 15) is 4.79 Å². The van der Waals surface area contributed by atoms with Crippen LogP contribution in [0.2, 0.25) is 5.02 Å². The summed E-state index contributed by atoms with van der Waals surface area (Å²) in [7, 11) is 0. The molecule has 5 heteroatoms. The Balaban J connectivity index is 1.87. The zero-order valence-electron chi connectivity index (χ0n) is 12.0. The molecule has 0 aromatic heterocycles. The van der Waals surface area contributed by atoms with Crippen LogP contribution in [0.5, 0.6) is 0 Å². The molecule has 2 unspecified atom stereocenters. The number of halogens is 1. The first-order chi connectivity index (χ1) is 9.45. The lowest BCUT2D eigenvalue weighted by atomic mass is 10.0. The summed E-state index contributed by atoms with van der Waals surface area (Å²) in [4.78, 5) is 14.2. The van der Waals surface area contributed by atoms with Gasteiger partial charge < -0.3 is 11.1 Å². The van der Waals surface area contributed by atoms with E-state index in [-0.39, 0.29) is 11.9 Å². The average molecular weight is 296 g/mol. The largest absolute Gasteiger partial charge is 0.328 e. The standard InChI is InChI=1S/C15H22ClN3O/c1-10-7-13(16)3-4-14(10)18-15(20)9-19-6-5-12(8-19)11(2)17/h3-4,7,11-12H,5-6,8-9,17H2,1-2H3,(H,18,20). The highest BCUT2D eigenvalue weighted by Gasteiger charge is 2.26. The number of carbonyl (C=O) groups is 1. The highest BCUT2D eigenvalue weighted by Crippen LogP contribution is 2.21. The minimum Gasteiger partial charge on any atom is -0.328 e. The average Bonchev–Trinajstić information content (AvgIpc) is 2.81. The maximum absolute atomic E-state index is 12.1. The molecule has 1 fully saturated rings. The number of benzene rings is 1. The summed E-state index contributed by atoms with van der Waals surface area (Å²) in [5.74, 6) is 0.515. The molecule has 1 amide bonds. The second kappa shape index (κ2) is 6.57. The van der Waals surface area contributed by atoms with E-state index in [1.54, 1.807) is 6.07 Å². The van der Waals surface area contributed by atoms with Crippen molar-refractivity contribution in [2.75, 3.05) is 25.0 Å². The van der Waals surface area contributed by atoms with Gasteiger partial charge in [0.15, 0.2) is 0 Å². The number of rotatable bonds is 4. The molecule has 1 aromatic carbocycles. The van der Waals surface area contributed by atoms with Crippen LogP contribution in [0.3, 0.4) is 0 Å². The second-order valence-corrected chi connectivity index (χ2v) is 6.09. The Kier molecular flexibility index (Phi) is 5.02. The van der Waals surface area contributed by atoms with Gasteiger partial charge in [-0.2, -0.15) is 0 Å². The molecular weight excluding hydrogens is 274 g/mol. The molecule has 1 saturated heterocycles. The quantitative estimate of drug-likeness (QED) is 0.896. The van der Waals surface area contributed by atoms with Crippen molar-refractivity contribution in [3.8, 4) is 0 Å². The first kappa shape index (κ1) is 15.3. The summed E-state index contributed by atoms with van der Waals surface area (Å²) in [6.45, 7) is 6.24. The van der Waals surface area contributed by atoms with Crippen LogP contribution >= 0.6 is 11.6 Å². The summed E-state index contributed by atoms with van der Waals surface area (Å²) in [6, 6.07) is 5.66. The number of aryl methyl sites for hydroxylation is 1. The number of amides is 1. The predicted molar refractivity (Wildman–Crippen MR) is 83.0 cm³/mol. The number of anilines is 1. The SMILES string of the molecule is Cc1cc(Cl)ccc1NC(=O)CN1CCC(C(C)N)C1. The fraction of sp³-hybridized carbons (Fsp3) is 0.533. The van der Waals surface area contributed by atoms with Gasteiger partial charge in [-0.05, 0) is 56.5 Å². The number of nitrogens with one attached hydrogen (secondary N) is 1. The molecule has 1 aliphatic rings. The van der Waals surface area contributed by atoms with Crippen molar-refractivity contribution in [1.29, 1.82) is 0 Å². The Hall–Kier alpha value is -1.10. The topological polar surface area (TPSA) is 58.4 Å². The monoisotopic (exact) mass is 295 g/mol. The van der Waals surface area contributed by atoms with Gasteiger partial charge >= 0.3 is 0 Å². The fourth-order valence-electron chi connectivity index (χ4n) is 2.60. The summed E-state index contributed by atoms with van der Waals surface area (Å²) in [5, 5.41) is 3.62. The molecule has 2 rings (SSSR count).